The first kappa shape index (κ1) is 21.1. The third-order valence-electron chi connectivity index (χ3n) is 6.88. The minimum absolute atomic E-state index is 0.0492. The van der Waals surface area contributed by atoms with Crippen molar-refractivity contribution in [2.75, 3.05) is 40.5 Å². The van der Waals surface area contributed by atoms with Crippen LogP contribution < -0.4 is 10.6 Å². The van der Waals surface area contributed by atoms with Crippen molar-refractivity contribution in [3.63, 3.8) is 0 Å². The summed E-state index contributed by atoms with van der Waals surface area (Å²) in [4.78, 5) is 6.89. The lowest BCUT2D eigenvalue weighted by molar-refractivity contribution is -0.176. The zero-order valence-corrected chi connectivity index (χ0v) is 18.0. The van der Waals surface area contributed by atoms with Gasteiger partial charge in [0.2, 0.25) is 0 Å². The Bertz CT molecular complexity index is 685. The van der Waals surface area contributed by atoms with Crippen LogP contribution in [0.2, 0.25) is 0 Å². The molecule has 0 aromatic heterocycles. The van der Waals surface area contributed by atoms with E-state index in [1.807, 2.05) is 7.05 Å². The second-order valence-electron chi connectivity index (χ2n) is 8.64. The number of methoxy groups -OCH3 is 1. The summed E-state index contributed by atoms with van der Waals surface area (Å²) in [5, 5.41) is 7.09. The Hall–Kier alpha value is -1.63. The van der Waals surface area contributed by atoms with Crippen molar-refractivity contribution < 1.29 is 9.47 Å². The highest BCUT2D eigenvalue weighted by Crippen LogP contribution is 2.51. The molecule has 0 spiro atoms. The summed E-state index contributed by atoms with van der Waals surface area (Å²) in [5.41, 5.74) is 2.64. The molecule has 2 N–H and O–H groups in total. The molecular formula is C22H36N4O2. The summed E-state index contributed by atoms with van der Waals surface area (Å²) in [6, 6.07) is 8.99. The van der Waals surface area contributed by atoms with Gasteiger partial charge in [0, 0.05) is 51.8 Å². The molecule has 1 aromatic rings. The normalized spacial score (nSPS) is 27.9. The molecule has 0 amide bonds. The minimum Gasteiger partial charge on any atom is -0.379 e. The molecule has 1 heterocycles. The number of hydrogen-bond acceptors (Lipinski definition) is 4. The maximum atomic E-state index is 5.74. The van der Waals surface area contributed by atoms with Crippen LogP contribution in [0, 0.1) is 5.41 Å². The molecule has 1 aliphatic carbocycles. The van der Waals surface area contributed by atoms with Crippen LogP contribution in [-0.4, -0.2) is 63.0 Å². The molecule has 0 bridgehead atoms. The van der Waals surface area contributed by atoms with E-state index < -0.39 is 0 Å². The number of nitrogens with one attached hydrogen (secondary N) is 2. The van der Waals surface area contributed by atoms with E-state index in [0.717, 1.165) is 51.8 Å². The van der Waals surface area contributed by atoms with E-state index in [0.29, 0.717) is 6.04 Å². The van der Waals surface area contributed by atoms with E-state index in [-0.39, 0.29) is 11.0 Å². The Morgan fingerprint density at radius 3 is 2.50 bits per heavy atom. The van der Waals surface area contributed by atoms with Gasteiger partial charge >= 0.3 is 0 Å². The molecule has 1 saturated carbocycles. The Morgan fingerprint density at radius 1 is 1.21 bits per heavy atom. The Balaban J connectivity index is 1.57. The standard InChI is InChI=1S/C22H36N4O2/c1-21(2)19(14-22(21,3)27-5)25-20(23-4)24-15-17-8-6-7-9-18(17)16-26-10-12-28-13-11-26/h6-9,19H,10-16H2,1-5H3,(H2,23,24,25). The molecule has 2 atom stereocenters. The lowest BCUT2D eigenvalue weighted by Crippen LogP contribution is -2.69. The maximum Gasteiger partial charge on any atom is 0.191 e. The molecular weight excluding hydrogens is 352 g/mol. The Labute approximate surface area is 169 Å². The van der Waals surface area contributed by atoms with Crippen LogP contribution >= 0.6 is 0 Å². The van der Waals surface area contributed by atoms with E-state index in [4.69, 9.17) is 9.47 Å². The third-order valence-corrected chi connectivity index (χ3v) is 6.88. The lowest BCUT2D eigenvalue weighted by atomic mass is 9.56. The number of benzene rings is 1. The van der Waals surface area contributed by atoms with Crippen LogP contribution in [0.25, 0.3) is 0 Å². The van der Waals surface area contributed by atoms with Crippen LogP contribution in [0.15, 0.2) is 29.3 Å². The number of aliphatic imine (C=N–C) groups is 1. The van der Waals surface area contributed by atoms with Crippen molar-refractivity contribution >= 4 is 5.96 Å². The highest BCUT2D eigenvalue weighted by atomic mass is 16.5. The summed E-state index contributed by atoms with van der Waals surface area (Å²) in [7, 11) is 3.63. The average molecular weight is 389 g/mol. The van der Waals surface area contributed by atoms with Crippen molar-refractivity contribution in [1.29, 1.82) is 0 Å². The lowest BCUT2D eigenvalue weighted by Gasteiger charge is -2.59. The van der Waals surface area contributed by atoms with E-state index in [2.05, 4.69) is 65.6 Å². The minimum atomic E-state index is -0.0890. The molecule has 6 nitrogen and oxygen atoms in total. The quantitative estimate of drug-likeness (QED) is 0.579. The number of nitrogens with zero attached hydrogens (tertiary/aromatic N) is 2. The van der Waals surface area contributed by atoms with Gasteiger partial charge in [-0.15, -0.1) is 0 Å². The Morgan fingerprint density at radius 2 is 1.89 bits per heavy atom. The van der Waals surface area contributed by atoms with E-state index in [9.17, 15) is 0 Å². The van der Waals surface area contributed by atoms with Gasteiger partial charge in [-0.2, -0.15) is 0 Å². The fourth-order valence-electron chi connectivity index (χ4n) is 4.15. The summed E-state index contributed by atoms with van der Waals surface area (Å²) in [6.07, 6.45) is 0.977. The van der Waals surface area contributed by atoms with Crippen molar-refractivity contribution in [2.24, 2.45) is 10.4 Å². The van der Waals surface area contributed by atoms with Gasteiger partial charge in [0.05, 0.1) is 18.8 Å². The monoisotopic (exact) mass is 388 g/mol. The first-order valence-corrected chi connectivity index (χ1v) is 10.3. The van der Waals surface area contributed by atoms with Gasteiger partial charge in [-0.05, 0) is 24.5 Å². The van der Waals surface area contributed by atoms with Gasteiger partial charge in [-0.1, -0.05) is 38.1 Å². The molecule has 2 unspecified atom stereocenters. The van der Waals surface area contributed by atoms with Gasteiger partial charge in [0.1, 0.15) is 0 Å². The average Bonchev–Trinajstić information content (AvgIpc) is 2.71. The maximum absolute atomic E-state index is 5.74. The molecule has 2 aliphatic rings. The SMILES string of the molecule is CN=C(NCc1ccccc1CN1CCOCC1)NC1CC(C)(OC)C1(C)C. The molecule has 28 heavy (non-hydrogen) atoms. The Kier molecular flexibility index (Phi) is 6.63. The second-order valence-corrected chi connectivity index (χ2v) is 8.64. The largest absolute Gasteiger partial charge is 0.379 e. The zero-order chi connectivity index (χ0) is 20.2. The number of ether oxygens (including phenoxy) is 2. The molecule has 1 aliphatic heterocycles. The molecule has 2 fully saturated rings. The van der Waals surface area contributed by atoms with Gasteiger partial charge in [0.25, 0.3) is 0 Å². The van der Waals surface area contributed by atoms with Crippen LogP contribution in [0.4, 0.5) is 0 Å². The molecule has 1 saturated heterocycles. The van der Waals surface area contributed by atoms with Gasteiger partial charge in [-0.3, -0.25) is 9.89 Å². The smallest absolute Gasteiger partial charge is 0.191 e. The fraction of sp³-hybridized carbons (Fsp3) is 0.682. The summed E-state index contributed by atoms with van der Waals surface area (Å²) in [5.74, 6) is 0.845. The van der Waals surface area contributed by atoms with Crippen LogP contribution in [0.1, 0.15) is 38.3 Å². The number of morpholine rings is 1. The van der Waals surface area contributed by atoms with Crippen LogP contribution in [0.3, 0.4) is 0 Å². The van der Waals surface area contributed by atoms with E-state index >= 15 is 0 Å². The highest BCUT2D eigenvalue weighted by molar-refractivity contribution is 5.80. The summed E-state index contributed by atoms with van der Waals surface area (Å²) in [6.45, 7) is 12.1. The predicted molar refractivity (Wildman–Crippen MR) is 113 cm³/mol. The van der Waals surface area contributed by atoms with Crippen LogP contribution in [0.5, 0.6) is 0 Å². The molecule has 156 valence electrons. The first-order valence-electron chi connectivity index (χ1n) is 10.3. The highest BCUT2D eigenvalue weighted by Gasteiger charge is 2.58. The third kappa shape index (κ3) is 4.34. The summed E-state index contributed by atoms with van der Waals surface area (Å²) >= 11 is 0. The van der Waals surface area contributed by atoms with Crippen molar-refractivity contribution in [2.45, 2.75) is 51.9 Å². The van der Waals surface area contributed by atoms with E-state index in [1.54, 1.807) is 7.11 Å². The van der Waals surface area contributed by atoms with Gasteiger partial charge in [0.15, 0.2) is 5.96 Å². The molecule has 1 aromatic carbocycles. The topological polar surface area (TPSA) is 58.1 Å². The van der Waals surface area contributed by atoms with Crippen LogP contribution in [-0.2, 0) is 22.6 Å². The number of guanidine groups is 1. The zero-order valence-electron chi connectivity index (χ0n) is 18.0. The first-order chi connectivity index (χ1) is 13.4. The van der Waals surface area contributed by atoms with Gasteiger partial charge in [-0.25, -0.2) is 0 Å². The summed E-state index contributed by atoms with van der Waals surface area (Å²) < 4.78 is 11.2. The van der Waals surface area contributed by atoms with E-state index in [1.165, 1.54) is 11.1 Å². The van der Waals surface area contributed by atoms with Gasteiger partial charge < -0.3 is 20.1 Å². The van der Waals surface area contributed by atoms with Crippen molar-refractivity contribution in [1.82, 2.24) is 15.5 Å². The molecule has 6 heteroatoms. The molecule has 0 radical (unpaired) electrons. The van der Waals surface area contributed by atoms with Crippen molar-refractivity contribution in [3.8, 4) is 0 Å². The number of rotatable bonds is 6. The van der Waals surface area contributed by atoms with Crippen molar-refractivity contribution in [3.05, 3.63) is 35.4 Å². The second kappa shape index (κ2) is 8.80. The fourth-order valence-corrected chi connectivity index (χ4v) is 4.15. The predicted octanol–water partition coefficient (Wildman–Crippen LogP) is 2.39. The molecule has 3 rings (SSSR count). The number of hydrogen-bond donors (Lipinski definition) is 2.